The third-order valence-corrected chi connectivity index (χ3v) is 0.530. The lowest BCUT2D eigenvalue weighted by Crippen LogP contribution is -2.45. The molecule has 1 rings (SSSR count). The molecule has 5 heteroatoms. The van der Waals surface area contributed by atoms with Crippen molar-refractivity contribution >= 4 is 0 Å². The molecule has 0 unspecified atom stereocenters. The molecule has 7 heavy (non-hydrogen) atoms. The summed E-state index contributed by atoms with van der Waals surface area (Å²) < 4.78 is 0. The van der Waals surface area contributed by atoms with Crippen molar-refractivity contribution in [2.75, 3.05) is 7.11 Å². The van der Waals surface area contributed by atoms with Crippen LogP contribution in [0.3, 0.4) is 0 Å². The van der Waals surface area contributed by atoms with Crippen LogP contribution in [-0.4, -0.2) is 22.5 Å². The van der Waals surface area contributed by atoms with Gasteiger partial charge in [-0.15, -0.1) is 0 Å². The number of nitrogens with one attached hydrogen (secondary N) is 1. The minimum atomic E-state index is 1.14. The Kier molecular flexibility index (Phi) is 0.892. The Morgan fingerprint density at radius 1 is 1.86 bits per heavy atom. The van der Waals surface area contributed by atoms with Gasteiger partial charge in [-0.2, -0.15) is 0 Å². The minimum absolute atomic E-state index is 1.14. The van der Waals surface area contributed by atoms with Crippen LogP contribution < -0.4 is 9.80 Å². The van der Waals surface area contributed by atoms with E-state index in [2.05, 4.69) is 20.2 Å². The third kappa shape index (κ3) is 0.648. The minimum Gasteiger partial charge on any atom is -0.301 e. The second-order valence-electron chi connectivity index (χ2n) is 0.916. The number of rotatable bonds is 1. The number of nitrogens with zero attached hydrogens (tertiary/aromatic N) is 3. The number of hydrogen-bond acceptors (Lipinski definition) is 3. The maximum Gasteiger partial charge on any atom is 0.301 e. The van der Waals surface area contributed by atoms with E-state index in [1.165, 1.54) is 13.4 Å². The SMILES string of the molecule is CO[n+]1ncn[nH]1. The number of aromatic amines is 1. The highest BCUT2D eigenvalue weighted by atomic mass is 16.7. The average Bonchev–Trinajstić information content (AvgIpc) is 2.14. The maximum absolute atomic E-state index is 4.54. The lowest BCUT2D eigenvalue weighted by molar-refractivity contribution is -0.971. The van der Waals surface area contributed by atoms with Crippen LogP contribution in [-0.2, 0) is 0 Å². The largest absolute Gasteiger partial charge is 0.301 e. The first-order valence-corrected chi connectivity index (χ1v) is 1.75. The maximum atomic E-state index is 4.54. The van der Waals surface area contributed by atoms with Crippen molar-refractivity contribution in [3.05, 3.63) is 6.33 Å². The van der Waals surface area contributed by atoms with Crippen LogP contribution >= 0.6 is 0 Å². The van der Waals surface area contributed by atoms with Gasteiger partial charge in [-0.3, -0.25) is 0 Å². The quantitative estimate of drug-likeness (QED) is 0.422. The molecule has 1 aromatic rings. The fraction of sp³-hybridized carbons (Fsp3) is 0.500. The number of hydrogen-bond donors (Lipinski definition) is 1. The first-order chi connectivity index (χ1) is 3.43. The van der Waals surface area contributed by atoms with Gasteiger partial charge in [0.1, 0.15) is 12.1 Å². The van der Waals surface area contributed by atoms with Crippen LogP contribution in [0.15, 0.2) is 6.33 Å². The van der Waals surface area contributed by atoms with Gasteiger partial charge in [0.05, 0.1) is 5.10 Å². The van der Waals surface area contributed by atoms with Gasteiger partial charge in [0.2, 0.25) is 0 Å². The van der Waals surface area contributed by atoms with Gasteiger partial charge in [-0.25, -0.2) is 0 Å². The van der Waals surface area contributed by atoms with Gasteiger partial charge in [0, 0.05) is 10.3 Å². The Hall–Kier alpha value is -1.13. The van der Waals surface area contributed by atoms with Gasteiger partial charge in [0.15, 0.2) is 0 Å². The van der Waals surface area contributed by atoms with E-state index in [9.17, 15) is 0 Å². The Labute approximate surface area is 39.8 Å². The van der Waals surface area contributed by atoms with E-state index in [0.717, 1.165) is 4.96 Å². The standard InChI is InChI=1S/C2H4N4O/c1-7-6-4-2-3-5-6/h2H,1H3/p+1. The van der Waals surface area contributed by atoms with E-state index < -0.39 is 0 Å². The summed E-state index contributed by atoms with van der Waals surface area (Å²) in [5.41, 5.74) is 0. The highest BCUT2D eigenvalue weighted by molar-refractivity contribution is 4.18. The molecular formula is C2H5N4O+. The summed E-state index contributed by atoms with van der Waals surface area (Å²) in [5.74, 6) is 0. The summed E-state index contributed by atoms with van der Waals surface area (Å²) in [4.78, 5) is 5.68. The van der Waals surface area contributed by atoms with Crippen molar-refractivity contribution in [1.29, 1.82) is 0 Å². The molecule has 0 radical (unpaired) electrons. The van der Waals surface area contributed by atoms with Gasteiger partial charge >= 0.3 is 6.33 Å². The van der Waals surface area contributed by atoms with Crippen LogP contribution in [0, 0.1) is 0 Å². The van der Waals surface area contributed by atoms with Gasteiger partial charge in [0.25, 0.3) is 0 Å². The molecule has 0 fully saturated rings. The van der Waals surface area contributed by atoms with E-state index in [-0.39, 0.29) is 0 Å². The van der Waals surface area contributed by atoms with E-state index in [0.29, 0.717) is 0 Å². The summed E-state index contributed by atoms with van der Waals surface area (Å²) in [7, 11) is 1.49. The summed E-state index contributed by atoms with van der Waals surface area (Å²) in [6, 6.07) is 0. The zero-order valence-electron chi connectivity index (χ0n) is 3.83. The molecule has 0 aliphatic heterocycles. The molecule has 0 aliphatic rings. The number of tetrazole rings is 1. The molecule has 0 spiro atoms. The first kappa shape index (κ1) is 4.04. The molecule has 1 N–H and O–H groups in total. The Bertz CT molecular complexity index is 124. The van der Waals surface area contributed by atoms with Crippen molar-refractivity contribution in [3.63, 3.8) is 0 Å². The highest BCUT2D eigenvalue weighted by Gasteiger charge is 1.91. The Morgan fingerprint density at radius 3 is 3.00 bits per heavy atom. The zero-order chi connectivity index (χ0) is 5.11. The summed E-state index contributed by atoms with van der Waals surface area (Å²) in [5, 5.41) is 9.48. The second-order valence-corrected chi connectivity index (χ2v) is 0.916. The predicted molar refractivity (Wildman–Crippen MR) is 19.1 cm³/mol. The predicted octanol–water partition coefficient (Wildman–Crippen LogP) is -1.85. The molecule has 0 saturated carbocycles. The van der Waals surface area contributed by atoms with Crippen LogP contribution in [0.4, 0.5) is 0 Å². The first-order valence-electron chi connectivity index (χ1n) is 1.75. The van der Waals surface area contributed by atoms with Crippen LogP contribution in [0.5, 0.6) is 0 Å². The van der Waals surface area contributed by atoms with E-state index in [4.69, 9.17) is 0 Å². The molecule has 38 valence electrons. The molecule has 0 bridgehead atoms. The molecule has 0 amide bonds. The summed E-state index contributed by atoms with van der Waals surface area (Å²) in [6.45, 7) is 0. The van der Waals surface area contributed by atoms with Crippen LogP contribution in [0.25, 0.3) is 0 Å². The molecular weight excluding hydrogens is 96.0 g/mol. The van der Waals surface area contributed by atoms with Crippen molar-refractivity contribution < 1.29 is 9.80 Å². The smallest absolute Gasteiger partial charge is 0.301 e. The monoisotopic (exact) mass is 101 g/mol. The molecule has 0 aromatic carbocycles. The average molecular weight is 101 g/mol. The van der Waals surface area contributed by atoms with Crippen LogP contribution in [0.2, 0.25) is 0 Å². The van der Waals surface area contributed by atoms with Crippen molar-refractivity contribution in [2.45, 2.75) is 0 Å². The molecule has 0 aliphatic carbocycles. The van der Waals surface area contributed by atoms with Crippen molar-refractivity contribution in [2.24, 2.45) is 0 Å². The fourth-order valence-corrected chi connectivity index (χ4v) is 0.262. The van der Waals surface area contributed by atoms with Crippen LogP contribution in [0.1, 0.15) is 0 Å². The highest BCUT2D eigenvalue weighted by Crippen LogP contribution is 1.44. The molecule has 0 saturated heterocycles. The van der Waals surface area contributed by atoms with Crippen molar-refractivity contribution in [1.82, 2.24) is 15.4 Å². The Balaban J connectivity index is 2.76. The topological polar surface area (TPSA) is 54.7 Å². The van der Waals surface area contributed by atoms with Gasteiger partial charge in [-0.1, -0.05) is 0 Å². The molecule has 0 atom stereocenters. The Morgan fingerprint density at radius 2 is 2.71 bits per heavy atom. The van der Waals surface area contributed by atoms with Gasteiger partial charge < -0.3 is 4.84 Å². The van der Waals surface area contributed by atoms with E-state index >= 15 is 0 Å². The third-order valence-electron chi connectivity index (χ3n) is 0.530. The normalized spacial score (nSPS) is 8.71. The summed E-state index contributed by atoms with van der Waals surface area (Å²) >= 11 is 0. The number of aromatic nitrogens is 4. The summed E-state index contributed by atoms with van der Waals surface area (Å²) in [6.07, 6.45) is 1.35. The zero-order valence-corrected chi connectivity index (χ0v) is 3.83. The lowest BCUT2D eigenvalue weighted by atomic mass is 11.4. The van der Waals surface area contributed by atoms with E-state index in [1.807, 2.05) is 0 Å². The fourth-order valence-electron chi connectivity index (χ4n) is 0.262. The van der Waals surface area contributed by atoms with Crippen molar-refractivity contribution in [3.8, 4) is 0 Å². The molecule has 1 aromatic heterocycles. The molecule has 5 nitrogen and oxygen atoms in total. The second kappa shape index (κ2) is 1.55. The lowest BCUT2D eigenvalue weighted by Gasteiger charge is -1.77. The number of H-pyrrole nitrogens is 1. The molecule has 1 heterocycles. The van der Waals surface area contributed by atoms with Gasteiger partial charge in [-0.05, 0) is 0 Å². The van der Waals surface area contributed by atoms with E-state index in [1.54, 1.807) is 0 Å².